The van der Waals surface area contributed by atoms with Gasteiger partial charge in [-0.2, -0.15) is 4.31 Å². The molecule has 1 saturated heterocycles. The van der Waals surface area contributed by atoms with Gasteiger partial charge in [-0.25, -0.2) is 17.6 Å². The highest BCUT2D eigenvalue weighted by molar-refractivity contribution is 7.89. The van der Waals surface area contributed by atoms with Gasteiger partial charge in [-0.15, -0.1) is 0 Å². The largest absolute Gasteiger partial charge is 0.451 e. The monoisotopic (exact) mass is 419 g/mol. The Hall–Kier alpha value is -2.58. The molecule has 0 amide bonds. The van der Waals surface area contributed by atoms with E-state index in [0.717, 1.165) is 31.4 Å². The molecule has 0 N–H and O–H groups in total. The van der Waals surface area contributed by atoms with Crippen LogP contribution in [0.3, 0.4) is 0 Å². The molecule has 154 valence electrons. The van der Waals surface area contributed by atoms with E-state index < -0.39 is 33.7 Å². The Morgan fingerprint density at radius 1 is 1.00 bits per heavy atom. The summed E-state index contributed by atoms with van der Waals surface area (Å²) in [5.41, 5.74) is 0.259. The number of hydrogen-bond donors (Lipinski definition) is 0. The first kappa shape index (κ1) is 21.1. The van der Waals surface area contributed by atoms with Gasteiger partial charge >= 0.3 is 5.97 Å². The third kappa shape index (κ3) is 4.89. The van der Waals surface area contributed by atoms with E-state index in [2.05, 4.69) is 0 Å². The van der Waals surface area contributed by atoms with Gasteiger partial charge in [-0.05, 0) is 62.2 Å². The summed E-state index contributed by atoms with van der Waals surface area (Å²) in [7, 11) is -3.69. The van der Waals surface area contributed by atoms with Crippen molar-refractivity contribution in [3.63, 3.8) is 0 Å². The molecule has 0 radical (unpaired) electrons. The van der Waals surface area contributed by atoms with E-state index in [1.54, 1.807) is 0 Å². The number of hydrogen-bond acceptors (Lipinski definition) is 5. The van der Waals surface area contributed by atoms with E-state index >= 15 is 0 Å². The summed E-state index contributed by atoms with van der Waals surface area (Å²) in [5.74, 6) is -1.75. The van der Waals surface area contributed by atoms with E-state index in [4.69, 9.17) is 4.74 Å². The molecule has 0 aromatic heterocycles. The second-order valence-corrected chi connectivity index (χ2v) is 8.85. The number of halogens is 1. The van der Waals surface area contributed by atoms with Crippen molar-refractivity contribution in [3.05, 3.63) is 65.5 Å². The highest BCUT2D eigenvalue weighted by Crippen LogP contribution is 2.22. The Labute approximate surface area is 169 Å². The van der Waals surface area contributed by atoms with Crippen LogP contribution in [0.1, 0.15) is 46.9 Å². The van der Waals surface area contributed by atoms with Crippen LogP contribution in [0, 0.1) is 5.82 Å². The van der Waals surface area contributed by atoms with Crippen LogP contribution in [-0.4, -0.2) is 43.7 Å². The molecule has 1 heterocycles. The molecular weight excluding hydrogens is 397 g/mol. The van der Waals surface area contributed by atoms with Crippen LogP contribution in [0.2, 0.25) is 0 Å². The van der Waals surface area contributed by atoms with Gasteiger partial charge in [0.2, 0.25) is 15.8 Å². The molecule has 0 unspecified atom stereocenters. The SMILES string of the molecule is C[C@@H](OC(=O)c1cccc(S(=O)(=O)N2CCCCC2)c1)C(=O)c1ccc(F)cc1. The van der Waals surface area contributed by atoms with Crippen molar-refractivity contribution in [2.75, 3.05) is 13.1 Å². The van der Waals surface area contributed by atoms with Gasteiger partial charge in [0.05, 0.1) is 10.5 Å². The lowest BCUT2D eigenvalue weighted by Crippen LogP contribution is -2.35. The van der Waals surface area contributed by atoms with Crippen molar-refractivity contribution in [3.8, 4) is 0 Å². The van der Waals surface area contributed by atoms with Crippen molar-refractivity contribution < 1.29 is 27.1 Å². The molecule has 6 nitrogen and oxygen atoms in total. The van der Waals surface area contributed by atoms with Crippen molar-refractivity contribution >= 4 is 21.8 Å². The molecule has 2 aromatic carbocycles. The fraction of sp³-hybridized carbons (Fsp3) is 0.333. The quantitative estimate of drug-likeness (QED) is 0.529. The normalized spacial score (nSPS) is 16.2. The third-order valence-electron chi connectivity index (χ3n) is 4.80. The molecule has 0 bridgehead atoms. The second kappa shape index (κ2) is 8.84. The summed E-state index contributed by atoms with van der Waals surface area (Å²) in [6.45, 7) is 2.33. The first-order valence-corrected chi connectivity index (χ1v) is 10.8. The predicted octanol–water partition coefficient (Wildman–Crippen LogP) is 3.43. The fourth-order valence-electron chi connectivity index (χ4n) is 3.17. The highest BCUT2D eigenvalue weighted by atomic mass is 32.2. The topological polar surface area (TPSA) is 80.8 Å². The summed E-state index contributed by atoms with van der Waals surface area (Å²) in [6.07, 6.45) is 1.52. The number of Topliss-reactive ketones (excluding diaryl/α,β-unsaturated/α-hetero) is 1. The average Bonchev–Trinajstić information content (AvgIpc) is 2.74. The molecule has 1 fully saturated rings. The zero-order valence-electron chi connectivity index (χ0n) is 16.0. The van der Waals surface area contributed by atoms with Gasteiger partial charge in [0.1, 0.15) is 5.82 Å². The Morgan fingerprint density at radius 3 is 2.31 bits per heavy atom. The minimum Gasteiger partial charge on any atom is -0.451 e. The zero-order valence-corrected chi connectivity index (χ0v) is 16.8. The van der Waals surface area contributed by atoms with Gasteiger partial charge in [-0.3, -0.25) is 4.79 Å². The molecule has 0 spiro atoms. The Bertz CT molecular complexity index is 998. The number of carbonyl (C=O) groups is 2. The number of nitrogens with zero attached hydrogens (tertiary/aromatic N) is 1. The predicted molar refractivity (Wildman–Crippen MR) is 105 cm³/mol. The maximum absolute atomic E-state index is 13.0. The molecular formula is C21H22FNO5S. The molecule has 29 heavy (non-hydrogen) atoms. The zero-order chi connectivity index (χ0) is 21.0. The van der Waals surface area contributed by atoms with Crippen LogP contribution in [0.5, 0.6) is 0 Å². The summed E-state index contributed by atoms with van der Waals surface area (Å²) in [4.78, 5) is 24.8. The summed E-state index contributed by atoms with van der Waals surface area (Å²) in [6, 6.07) is 10.5. The number of benzene rings is 2. The standard InChI is InChI=1S/C21H22FNO5S/c1-15(20(24)16-8-10-18(22)11-9-16)28-21(25)17-6-5-7-19(14-17)29(26,27)23-12-3-2-4-13-23/h5-11,14-15H,2-4,12-13H2,1H3/t15-/m1/s1. The Kier molecular flexibility index (Phi) is 6.44. The van der Waals surface area contributed by atoms with E-state index in [9.17, 15) is 22.4 Å². The van der Waals surface area contributed by atoms with Crippen LogP contribution in [0.25, 0.3) is 0 Å². The molecule has 1 aliphatic rings. The lowest BCUT2D eigenvalue weighted by atomic mass is 10.1. The first-order chi connectivity index (χ1) is 13.8. The van der Waals surface area contributed by atoms with Gasteiger partial charge in [0.15, 0.2) is 6.10 Å². The highest BCUT2D eigenvalue weighted by Gasteiger charge is 2.27. The molecule has 2 aromatic rings. The van der Waals surface area contributed by atoms with Gasteiger partial charge in [-0.1, -0.05) is 12.5 Å². The minimum atomic E-state index is -3.69. The molecule has 0 saturated carbocycles. The fourth-order valence-corrected chi connectivity index (χ4v) is 4.73. The number of rotatable bonds is 6. The molecule has 1 atom stereocenters. The van der Waals surface area contributed by atoms with E-state index in [1.165, 1.54) is 47.6 Å². The van der Waals surface area contributed by atoms with Crippen molar-refractivity contribution in [2.45, 2.75) is 37.2 Å². The van der Waals surface area contributed by atoms with Gasteiger partial charge in [0, 0.05) is 18.7 Å². The van der Waals surface area contributed by atoms with E-state index in [1.807, 2.05) is 0 Å². The summed E-state index contributed by atoms with van der Waals surface area (Å²) >= 11 is 0. The van der Waals surface area contributed by atoms with Crippen molar-refractivity contribution in [1.82, 2.24) is 4.31 Å². The average molecular weight is 419 g/mol. The number of piperidine rings is 1. The number of carbonyl (C=O) groups excluding carboxylic acids is 2. The lowest BCUT2D eigenvalue weighted by Gasteiger charge is -2.26. The molecule has 3 rings (SSSR count). The van der Waals surface area contributed by atoms with Crippen LogP contribution in [-0.2, 0) is 14.8 Å². The Balaban J connectivity index is 1.73. The number of esters is 1. The lowest BCUT2D eigenvalue weighted by molar-refractivity contribution is 0.0318. The third-order valence-corrected chi connectivity index (χ3v) is 6.70. The number of ether oxygens (including phenoxy) is 1. The van der Waals surface area contributed by atoms with Crippen LogP contribution < -0.4 is 0 Å². The van der Waals surface area contributed by atoms with Crippen molar-refractivity contribution in [2.24, 2.45) is 0 Å². The number of sulfonamides is 1. The Morgan fingerprint density at radius 2 is 1.66 bits per heavy atom. The molecule has 0 aliphatic carbocycles. The van der Waals surface area contributed by atoms with Crippen LogP contribution >= 0.6 is 0 Å². The second-order valence-electron chi connectivity index (χ2n) is 6.91. The molecule has 1 aliphatic heterocycles. The minimum absolute atomic E-state index is 0.0198. The summed E-state index contributed by atoms with van der Waals surface area (Å²) in [5, 5.41) is 0. The summed E-state index contributed by atoms with van der Waals surface area (Å²) < 4.78 is 45.2. The van der Waals surface area contributed by atoms with Gasteiger partial charge in [0.25, 0.3) is 0 Å². The molecule has 8 heteroatoms. The smallest absolute Gasteiger partial charge is 0.338 e. The maximum atomic E-state index is 13.0. The van der Waals surface area contributed by atoms with Gasteiger partial charge < -0.3 is 4.74 Å². The van der Waals surface area contributed by atoms with E-state index in [0.29, 0.717) is 13.1 Å². The van der Waals surface area contributed by atoms with Crippen molar-refractivity contribution in [1.29, 1.82) is 0 Å². The maximum Gasteiger partial charge on any atom is 0.338 e. The van der Waals surface area contributed by atoms with Crippen LogP contribution in [0.4, 0.5) is 4.39 Å². The van der Waals surface area contributed by atoms with E-state index in [-0.39, 0.29) is 16.0 Å². The number of ketones is 1. The first-order valence-electron chi connectivity index (χ1n) is 9.40. The van der Waals surface area contributed by atoms with Crippen LogP contribution in [0.15, 0.2) is 53.4 Å².